The first-order chi connectivity index (χ1) is 8.24. The number of hydrogen-bond acceptors (Lipinski definition) is 3. The van der Waals surface area contributed by atoms with Crippen LogP contribution in [0.2, 0.25) is 0 Å². The molecule has 2 heterocycles. The molecule has 17 heavy (non-hydrogen) atoms. The van der Waals surface area contributed by atoms with Gasteiger partial charge < -0.3 is 5.73 Å². The number of nitrogens with zero attached hydrogens (tertiary/aromatic N) is 3. The van der Waals surface area contributed by atoms with E-state index >= 15 is 0 Å². The van der Waals surface area contributed by atoms with Crippen LogP contribution in [0.4, 0.5) is 5.82 Å². The number of anilines is 1. The molecule has 0 bridgehead atoms. The Labute approximate surface area is 106 Å². The Morgan fingerprint density at radius 3 is 2.82 bits per heavy atom. The number of aromatic nitrogens is 3. The van der Waals surface area contributed by atoms with Crippen LogP contribution in [-0.4, -0.2) is 14.6 Å². The van der Waals surface area contributed by atoms with Gasteiger partial charge in [0.25, 0.3) is 0 Å². The molecule has 2 aromatic heterocycles. The molecule has 1 aromatic carbocycles. The first kappa shape index (κ1) is 10.3. The lowest BCUT2D eigenvalue weighted by Crippen LogP contribution is -1.94. The average molecular weight is 289 g/mol. The molecule has 0 aliphatic carbocycles. The topological polar surface area (TPSA) is 56.2 Å². The molecule has 5 heteroatoms. The zero-order valence-corrected chi connectivity index (χ0v) is 10.4. The van der Waals surface area contributed by atoms with Gasteiger partial charge in [-0.2, -0.15) is 5.10 Å². The van der Waals surface area contributed by atoms with Crippen LogP contribution in [-0.2, 0) is 0 Å². The Morgan fingerprint density at radius 1 is 1.18 bits per heavy atom. The lowest BCUT2D eigenvalue weighted by molar-refractivity contribution is 0.945. The largest absolute Gasteiger partial charge is 0.384 e. The molecule has 0 atom stereocenters. The van der Waals surface area contributed by atoms with Gasteiger partial charge in [0, 0.05) is 22.3 Å². The molecule has 3 rings (SSSR count). The van der Waals surface area contributed by atoms with Crippen LogP contribution >= 0.6 is 15.9 Å². The minimum Gasteiger partial charge on any atom is -0.384 e. The highest BCUT2D eigenvalue weighted by atomic mass is 79.9. The maximum absolute atomic E-state index is 5.64. The Kier molecular flexibility index (Phi) is 2.33. The van der Waals surface area contributed by atoms with E-state index in [2.05, 4.69) is 26.0 Å². The van der Waals surface area contributed by atoms with Gasteiger partial charge in [0.05, 0.1) is 5.69 Å². The predicted octanol–water partition coefficient (Wildman–Crippen LogP) is 2.74. The van der Waals surface area contributed by atoms with Crippen LogP contribution in [0.25, 0.3) is 16.9 Å². The monoisotopic (exact) mass is 288 g/mol. The Morgan fingerprint density at radius 2 is 2.00 bits per heavy atom. The van der Waals surface area contributed by atoms with Gasteiger partial charge in [0.1, 0.15) is 5.82 Å². The molecule has 84 valence electrons. The third kappa shape index (κ3) is 1.78. The molecular formula is C12H9BrN4. The highest BCUT2D eigenvalue weighted by molar-refractivity contribution is 9.10. The average Bonchev–Trinajstić information content (AvgIpc) is 2.72. The van der Waals surface area contributed by atoms with Crippen LogP contribution in [0.1, 0.15) is 0 Å². The Balaban J connectivity index is 2.22. The minimum absolute atomic E-state index is 0.496. The Hall–Kier alpha value is -1.88. The quantitative estimate of drug-likeness (QED) is 0.749. The molecule has 0 aliphatic rings. The van der Waals surface area contributed by atoms with Gasteiger partial charge in [0.2, 0.25) is 0 Å². The van der Waals surface area contributed by atoms with Gasteiger partial charge in [-0.15, -0.1) is 0 Å². The fourth-order valence-electron chi connectivity index (χ4n) is 1.69. The maximum atomic E-state index is 5.64. The van der Waals surface area contributed by atoms with E-state index in [9.17, 15) is 0 Å². The normalized spacial score (nSPS) is 10.9. The molecule has 0 fully saturated rings. The molecule has 0 amide bonds. The predicted molar refractivity (Wildman–Crippen MR) is 70.5 cm³/mol. The zero-order valence-electron chi connectivity index (χ0n) is 8.84. The van der Waals surface area contributed by atoms with E-state index in [4.69, 9.17) is 5.73 Å². The minimum atomic E-state index is 0.496. The first-order valence-corrected chi connectivity index (χ1v) is 5.90. The van der Waals surface area contributed by atoms with Crippen molar-refractivity contribution in [3.63, 3.8) is 0 Å². The SMILES string of the molecule is Nc1ccn2nc(-c3ccccc3Br)cc2n1. The van der Waals surface area contributed by atoms with E-state index in [0.717, 1.165) is 21.4 Å². The summed E-state index contributed by atoms with van der Waals surface area (Å²) in [5, 5.41) is 4.45. The summed E-state index contributed by atoms with van der Waals surface area (Å²) in [6, 6.07) is 11.6. The van der Waals surface area contributed by atoms with Crippen molar-refractivity contribution in [2.45, 2.75) is 0 Å². The van der Waals surface area contributed by atoms with Gasteiger partial charge in [-0.3, -0.25) is 0 Å². The fraction of sp³-hybridized carbons (Fsp3) is 0. The standard InChI is InChI=1S/C12H9BrN4/c13-9-4-2-1-3-8(9)10-7-12-15-11(14)5-6-17(12)16-10/h1-7H,(H2,14,15). The van der Waals surface area contributed by atoms with Crippen LogP contribution < -0.4 is 5.73 Å². The van der Waals surface area contributed by atoms with Gasteiger partial charge >= 0.3 is 0 Å². The fourth-order valence-corrected chi connectivity index (χ4v) is 2.18. The summed E-state index contributed by atoms with van der Waals surface area (Å²) in [5.74, 6) is 0.496. The molecule has 4 nitrogen and oxygen atoms in total. The van der Waals surface area contributed by atoms with Crippen LogP contribution in [0, 0.1) is 0 Å². The van der Waals surface area contributed by atoms with Crippen LogP contribution in [0.5, 0.6) is 0 Å². The number of nitrogen functional groups attached to an aromatic ring is 1. The number of fused-ring (bicyclic) bond motifs is 1. The maximum Gasteiger partial charge on any atom is 0.157 e. The van der Waals surface area contributed by atoms with E-state index in [-0.39, 0.29) is 0 Å². The van der Waals surface area contributed by atoms with Crippen molar-refractivity contribution < 1.29 is 0 Å². The van der Waals surface area contributed by atoms with Crippen LogP contribution in [0.15, 0.2) is 47.1 Å². The summed E-state index contributed by atoms with van der Waals surface area (Å²) in [5.41, 5.74) is 8.30. The molecule has 0 saturated carbocycles. The molecule has 0 radical (unpaired) electrons. The smallest absolute Gasteiger partial charge is 0.157 e. The second-order valence-corrected chi connectivity index (χ2v) is 4.52. The highest BCUT2D eigenvalue weighted by Gasteiger charge is 2.07. The first-order valence-electron chi connectivity index (χ1n) is 5.11. The van der Waals surface area contributed by atoms with E-state index in [1.54, 1.807) is 16.8 Å². The van der Waals surface area contributed by atoms with E-state index < -0.39 is 0 Å². The van der Waals surface area contributed by atoms with Crippen molar-refractivity contribution >= 4 is 27.4 Å². The summed E-state index contributed by atoms with van der Waals surface area (Å²) < 4.78 is 2.72. The molecular weight excluding hydrogens is 280 g/mol. The van der Waals surface area contributed by atoms with Gasteiger partial charge in [-0.05, 0) is 12.1 Å². The summed E-state index contributed by atoms with van der Waals surface area (Å²) in [4.78, 5) is 4.21. The zero-order chi connectivity index (χ0) is 11.8. The van der Waals surface area contributed by atoms with Gasteiger partial charge in [0.15, 0.2) is 5.65 Å². The molecule has 3 aromatic rings. The second-order valence-electron chi connectivity index (χ2n) is 3.66. The van der Waals surface area contributed by atoms with E-state index in [1.165, 1.54) is 0 Å². The van der Waals surface area contributed by atoms with E-state index in [1.807, 2.05) is 30.3 Å². The number of rotatable bonds is 1. The lowest BCUT2D eigenvalue weighted by atomic mass is 10.2. The summed E-state index contributed by atoms with van der Waals surface area (Å²) >= 11 is 3.51. The number of nitrogens with two attached hydrogens (primary N) is 1. The molecule has 0 unspecified atom stereocenters. The van der Waals surface area contributed by atoms with Crippen molar-refractivity contribution in [1.82, 2.24) is 14.6 Å². The van der Waals surface area contributed by atoms with Crippen molar-refractivity contribution in [3.8, 4) is 11.3 Å². The lowest BCUT2D eigenvalue weighted by Gasteiger charge is -1.98. The third-order valence-electron chi connectivity index (χ3n) is 2.50. The van der Waals surface area contributed by atoms with Crippen molar-refractivity contribution in [2.75, 3.05) is 5.73 Å². The second kappa shape index (κ2) is 3.85. The molecule has 0 saturated heterocycles. The van der Waals surface area contributed by atoms with Crippen molar-refractivity contribution in [3.05, 3.63) is 47.1 Å². The molecule has 0 aliphatic heterocycles. The Bertz CT molecular complexity index is 690. The number of benzene rings is 1. The van der Waals surface area contributed by atoms with Gasteiger partial charge in [-0.25, -0.2) is 9.50 Å². The van der Waals surface area contributed by atoms with E-state index in [0.29, 0.717) is 5.82 Å². The highest BCUT2D eigenvalue weighted by Crippen LogP contribution is 2.27. The van der Waals surface area contributed by atoms with Crippen LogP contribution in [0.3, 0.4) is 0 Å². The summed E-state index contributed by atoms with van der Waals surface area (Å²) in [6.07, 6.45) is 1.80. The van der Waals surface area contributed by atoms with Gasteiger partial charge in [-0.1, -0.05) is 34.1 Å². The third-order valence-corrected chi connectivity index (χ3v) is 3.19. The molecule has 2 N–H and O–H groups in total. The number of halogens is 1. The summed E-state index contributed by atoms with van der Waals surface area (Å²) in [6.45, 7) is 0. The molecule has 0 spiro atoms. The van der Waals surface area contributed by atoms with Crippen molar-refractivity contribution in [2.24, 2.45) is 0 Å². The number of hydrogen-bond donors (Lipinski definition) is 1. The van der Waals surface area contributed by atoms with Crippen molar-refractivity contribution in [1.29, 1.82) is 0 Å². The summed E-state index contributed by atoms with van der Waals surface area (Å²) in [7, 11) is 0.